The van der Waals surface area contributed by atoms with Gasteiger partial charge in [0.1, 0.15) is 0 Å². The number of aryl methyl sites for hydroxylation is 2. The Labute approximate surface area is 156 Å². The van der Waals surface area contributed by atoms with Crippen molar-refractivity contribution in [1.82, 2.24) is 4.98 Å². The van der Waals surface area contributed by atoms with Gasteiger partial charge in [0.05, 0.1) is 5.69 Å². The van der Waals surface area contributed by atoms with E-state index in [2.05, 4.69) is 36.3 Å². The van der Waals surface area contributed by atoms with Crippen LogP contribution in [-0.4, -0.2) is 16.9 Å². The van der Waals surface area contributed by atoms with E-state index in [0.29, 0.717) is 5.13 Å². The molecule has 2 aliphatic carbocycles. The van der Waals surface area contributed by atoms with Gasteiger partial charge in [-0.25, -0.2) is 4.98 Å². The van der Waals surface area contributed by atoms with Crippen LogP contribution in [0.2, 0.25) is 0 Å². The van der Waals surface area contributed by atoms with E-state index in [1.165, 1.54) is 22.5 Å². The number of carbonyl (C=O) groups excluding carboxylic acids is 2. The molecular weight excluding hydrogens is 348 g/mol. The van der Waals surface area contributed by atoms with Crippen LogP contribution in [0, 0.1) is 37.5 Å². The van der Waals surface area contributed by atoms with Gasteiger partial charge < -0.3 is 15.2 Å². The van der Waals surface area contributed by atoms with Crippen LogP contribution in [0.25, 0.3) is 11.3 Å². The molecule has 1 amide bonds. The summed E-state index contributed by atoms with van der Waals surface area (Å²) in [5.74, 6) is -2.23. The lowest BCUT2D eigenvalue weighted by Gasteiger charge is -2.30. The summed E-state index contributed by atoms with van der Waals surface area (Å²) in [4.78, 5) is 28.7. The number of nitrogens with zero attached hydrogens (tertiary/aromatic N) is 1. The van der Waals surface area contributed by atoms with Gasteiger partial charge in [0.2, 0.25) is 5.91 Å². The number of hydrogen-bond acceptors (Lipinski definition) is 5. The molecule has 1 aromatic heterocycles. The van der Waals surface area contributed by atoms with Crippen LogP contribution >= 0.6 is 11.3 Å². The Morgan fingerprint density at radius 1 is 1.15 bits per heavy atom. The van der Waals surface area contributed by atoms with Gasteiger partial charge in [0.15, 0.2) is 5.13 Å². The fourth-order valence-corrected chi connectivity index (χ4v) is 5.28. The molecule has 26 heavy (non-hydrogen) atoms. The fraction of sp³-hybridized carbons (Fsp3) is 0.450. The summed E-state index contributed by atoms with van der Waals surface area (Å²) in [7, 11) is 0. The van der Waals surface area contributed by atoms with Crippen molar-refractivity contribution in [3.05, 3.63) is 34.7 Å². The number of aliphatic carboxylic acids is 1. The average Bonchev–Trinajstić information content (AvgIpc) is 3.32. The van der Waals surface area contributed by atoms with E-state index < -0.39 is 17.8 Å². The van der Waals surface area contributed by atoms with Crippen LogP contribution in [0.4, 0.5) is 5.13 Å². The lowest BCUT2D eigenvalue weighted by atomic mass is 9.79. The molecule has 1 heterocycles. The van der Waals surface area contributed by atoms with Crippen molar-refractivity contribution in [2.24, 2.45) is 23.7 Å². The Morgan fingerprint density at radius 3 is 2.58 bits per heavy atom. The van der Waals surface area contributed by atoms with Crippen LogP contribution < -0.4 is 10.4 Å². The lowest BCUT2D eigenvalue weighted by molar-refractivity contribution is -0.314. The van der Waals surface area contributed by atoms with Crippen LogP contribution in [-0.2, 0) is 9.59 Å². The van der Waals surface area contributed by atoms with E-state index in [1.54, 1.807) is 0 Å². The second-order valence-corrected chi connectivity index (χ2v) is 8.39. The summed E-state index contributed by atoms with van der Waals surface area (Å²) < 4.78 is 0. The van der Waals surface area contributed by atoms with E-state index in [1.807, 2.05) is 11.4 Å². The Bertz CT molecular complexity index is 876. The molecule has 2 saturated carbocycles. The van der Waals surface area contributed by atoms with E-state index >= 15 is 0 Å². The Balaban J connectivity index is 1.51. The summed E-state index contributed by atoms with van der Waals surface area (Å²) in [6.45, 7) is 4.12. The van der Waals surface area contributed by atoms with Crippen molar-refractivity contribution < 1.29 is 14.7 Å². The molecule has 5 nitrogen and oxygen atoms in total. The molecule has 136 valence electrons. The summed E-state index contributed by atoms with van der Waals surface area (Å²) in [6, 6.07) is 6.16. The van der Waals surface area contributed by atoms with Gasteiger partial charge in [-0.1, -0.05) is 12.1 Å². The molecule has 0 aliphatic heterocycles. The van der Waals surface area contributed by atoms with Gasteiger partial charge in [-0.05, 0) is 62.1 Å². The largest absolute Gasteiger partial charge is 0.550 e. The Kier molecular flexibility index (Phi) is 4.31. The number of hydrogen-bond donors (Lipinski definition) is 1. The van der Waals surface area contributed by atoms with Gasteiger partial charge in [0.25, 0.3) is 0 Å². The van der Waals surface area contributed by atoms with Crippen molar-refractivity contribution >= 4 is 28.3 Å². The van der Waals surface area contributed by atoms with Gasteiger partial charge in [-0.3, -0.25) is 4.79 Å². The monoisotopic (exact) mass is 369 g/mol. The predicted molar refractivity (Wildman–Crippen MR) is 98.5 cm³/mol. The molecule has 2 aliphatic rings. The molecule has 0 radical (unpaired) electrons. The summed E-state index contributed by atoms with van der Waals surface area (Å²) in [6.07, 6.45) is 2.64. The Hall–Kier alpha value is -2.21. The smallest absolute Gasteiger partial charge is 0.230 e. The highest BCUT2D eigenvalue weighted by molar-refractivity contribution is 7.14. The number of nitrogens with one attached hydrogen (secondary N) is 1. The maximum atomic E-state index is 12.7. The van der Waals surface area contributed by atoms with Crippen molar-refractivity contribution in [3.8, 4) is 11.3 Å². The first-order valence-electron chi connectivity index (χ1n) is 8.99. The third-order valence-corrected chi connectivity index (χ3v) is 6.79. The molecule has 0 spiro atoms. The zero-order valence-corrected chi connectivity index (χ0v) is 15.6. The Morgan fingerprint density at radius 2 is 1.88 bits per heavy atom. The fourth-order valence-electron chi connectivity index (χ4n) is 4.56. The number of benzene rings is 1. The SMILES string of the molecule is Cc1ccc(-c2csc(NC(=O)[C@@H]3[C@@H]4CC[C@@H](C4)[C@H]3C(=O)[O-])n2)cc1C. The highest BCUT2D eigenvalue weighted by Gasteiger charge is 2.51. The number of carboxylic acids is 1. The number of aromatic nitrogens is 1. The molecule has 0 saturated heterocycles. The second kappa shape index (κ2) is 6.50. The van der Waals surface area contributed by atoms with Crippen molar-refractivity contribution in [2.75, 3.05) is 5.32 Å². The van der Waals surface area contributed by atoms with Crippen molar-refractivity contribution in [1.29, 1.82) is 0 Å². The minimum Gasteiger partial charge on any atom is -0.550 e. The third-order valence-electron chi connectivity index (χ3n) is 6.03. The zero-order chi connectivity index (χ0) is 18.4. The molecule has 2 aromatic rings. The zero-order valence-electron chi connectivity index (χ0n) is 14.8. The van der Waals surface area contributed by atoms with Crippen LogP contribution in [0.3, 0.4) is 0 Å². The molecular formula is C20H21N2O3S-. The molecule has 1 N–H and O–H groups in total. The van der Waals surface area contributed by atoms with Crippen LogP contribution in [0.15, 0.2) is 23.6 Å². The summed E-state index contributed by atoms with van der Waals surface area (Å²) in [5.41, 5.74) is 4.25. The van der Waals surface area contributed by atoms with E-state index in [0.717, 1.165) is 30.5 Å². The molecule has 2 fully saturated rings. The standard InChI is InChI=1S/C20H22N2O3S/c1-10-3-4-12(7-11(10)2)15-9-26-20(21-15)22-18(23)16-13-5-6-14(8-13)17(16)19(24)25/h3-4,7,9,13-14,16-17H,5-6,8H2,1-2H3,(H,24,25)(H,21,22,23)/p-1/t13-,14+,16-,17-/m1/s1. The maximum Gasteiger partial charge on any atom is 0.230 e. The first-order valence-corrected chi connectivity index (χ1v) is 9.87. The van der Waals surface area contributed by atoms with Gasteiger partial charge in [0, 0.05) is 28.7 Å². The number of thiazole rings is 1. The maximum absolute atomic E-state index is 12.7. The molecule has 4 rings (SSSR count). The number of rotatable bonds is 4. The minimum absolute atomic E-state index is 0.0862. The second-order valence-electron chi connectivity index (χ2n) is 7.53. The van der Waals surface area contributed by atoms with E-state index in [9.17, 15) is 14.7 Å². The number of carboxylic acid groups (broad SMARTS) is 1. The predicted octanol–water partition coefficient (Wildman–Crippen LogP) is 2.78. The highest BCUT2D eigenvalue weighted by atomic mass is 32.1. The van der Waals surface area contributed by atoms with E-state index in [-0.39, 0.29) is 17.7 Å². The van der Waals surface area contributed by atoms with Gasteiger partial charge in [-0.2, -0.15) is 0 Å². The van der Waals surface area contributed by atoms with Gasteiger partial charge >= 0.3 is 0 Å². The van der Waals surface area contributed by atoms with Crippen molar-refractivity contribution in [2.45, 2.75) is 33.1 Å². The first kappa shape index (κ1) is 17.2. The topological polar surface area (TPSA) is 82.1 Å². The van der Waals surface area contributed by atoms with Crippen LogP contribution in [0.1, 0.15) is 30.4 Å². The number of amides is 1. The third kappa shape index (κ3) is 2.92. The number of fused-ring (bicyclic) bond motifs is 2. The minimum atomic E-state index is -1.09. The quantitative estimate of drug-likeness (QED) is 0.898. The first-order chi connectivity index (χ1) is 12.4. The summed E-state index contributed by atoms with van der Waals surface area (Å²) >= 11 is 1.37. The molecule has 1 aromatic carbocycles. The lowest BCUT2D eigenvalue weighted by Crippen LogP contribution is -2.43. The van der Waals surface area contributed by atoms with Crippen LogP contribution in [0.5, 0.6) is 0 Å². The van der Waals surface area contributed by atoms with Crippen molar-refractivity contribution in [3.63, 3.8) is 0 Å². The normalized spacial score (nSPS) is 26.8. The molecule has 0 unspecified atom stereocenters. The number of anilines is 1. The van der Waals surface area contributed by atoms with E-state index in [4.69, 9.17) is 0 Å². The molecule has 4 atom stereocenters. The van der Waals surface area contributed by atoms with Gasteiger partial charge in [-0.15, -0.1) is 11.3 Å². The summed E-state index contributed by atoms with van der Waals surface area (Å²) in [5, 5.41) is 16.8. The molecule has 6 heteroatoms. The average molecular weight is 369 g/mol. The highest BCUT2D eigenvalue weighted by Crippen LogP contribution is 2.52. The number of carbonyl (C=O) groups is 2. The molecule has 2 bridgehead atoms.